The predicted octanol–water partition coefficient (Wildman–Crippen LogP) is 1.45. The maximum Gasteiger partial charge on any atom is 0.196 e. The number of rotatable bonds is 3. The highest BCUT2D eigenvalue weighted by Gasteiger charge is 2.20. The minimum Gasteiger partial charge on any atom is -0.359 e. The molecule has 0 aliphatic heterocycles. The number of para-hydroxylation sites is 2. The summed E-state index contributed by atoms with van der Waals surface area (Å²) in [6.45, 7) is 0. The summed E-state index contributed by atoms with van der Waals surface area (Å²) < 4.78 is 0. The Hall–Kier alpha value is -1.88. The number of hydrogen-bond donors (Lipinski definition) is 4. The second-order valence-corrected chi connectivity index (χ2v) is 3.86. The van der Waals surface area contributed by atoms with E-state index in [-0.39, 0.29) is 0 Å². The van der Waals surface area contributed by atoms with E-state index < -0.39 is 5.85 Å². The fourth-order valence-electron chi connectivity index (χ4n) is 1.62. The molecule has 0 unspecified atom stereocenters. The van der Waals surface area contributed by atoms with E-state index in [9.17, 15) is 5.11 Å². The monoisotopic (exact) mass is 229 g/mol. The molecule has 0 saturated carbocycles. The van der Waals surface area contributed by atoms with E-state index in [1.54, 1.807) is 12.1 Å². The normalized spacial score (nSPS) is 11.2. The number of hydrogen-bond acceptors (Lipinski definition) is 4. The first-order chi connectivity index (χ1) is 8.07. The van der Waals surface area contributed by atoms with Crippen molar-refractivity contribution in [3.8, 4) is 0 Å². The third kappa shape index (κ3) is 2.82. The number of anilines is 2. The Balaban J connectivity index is 2.34. The highest BCUT2D eigenvalue weighted by Crippen LogP contribution is 2.24. The summed E-state index contributed by atoms with van der Waals surface area (Å²) in [4.78, 5) is 0. The van der Waals surface area contributed by atoms with Crippen LogP contribution >= 0.6 is 0 Å². The van der Waals surface area contributed by atoms with Gasteiger partial charge in [0.15, 0.2) is 5.85 Å². The fourth-order valence-corrected chi connectivity index (χ4v) is 1.62. The van der Waals surface area contributed by atoms with Crippen molar-refractivity contribution < 1.29 is 5.11 Å². The fraction of sp³-hybridized carbons (Fsp3) is 0.0769. The van der Waals surface area contributed by atoms with Gasteiger partial charge in [-0.25, -0.2) is 0 Å². The molecule has 0 spiro atoms. The first-order valence-corrected chi connectivity index (χ1v) is 5.29. The van der Waals surface area contributed by atoms with Gasteiger partial charge in [0.05, 0.1) is 0 Å². The van der Waals surface area contributed by atoms with Gasteiger partial charge in [0, 0.05) is 16.9 Å². The van der Waals surface area contributed by atoms with Gasteiger partial charge in [-0.2, -0.15) is 0 Å². The van der Waals surface area contributed by atoms with Crippen LogP contribution < -0.4 is 16.8 Å². The average molecular weight is 229 g/mol. The van der Waals surface area contributed by atoms with Crippen molar-refractivity contribution in [3.05, 3.63) is 60.2 Å². The molecule has 4 heteroatoms. The van der Waals surface area contributed by atoms with Crippen molar-refractivity contribution in [2.24, 2.45) is 11.5 Å². The summed E-state index contributed by atoms with van der Waals surface area (Å²) in [5, 5.41) is 12.8. The van der Waals surface area contributed by atoms with Gasteiger partial charge >= 0.3 is 0 Å². The number of aliphatic hydroxyl groups is 1. The van der Waals surface area contributed by atoms with Gasteiger partial charge < -0.3 is 10.4 Å². The molecular formula is C13H15N3O. The van der Waals surface area contributed by atoms with E-state index >= 15 is 0 Å². The van der Waals surface area contributed by atoms with Gasteiger partial charge in [-0.3, -0.25) is 11.5 Å². The molecule has 2 aromatic rings. The lowest BCUT2D eigenvalue weighted by atomic mass is 10.1. The van der Waals surface area contributed by atoms with Gasteiger partial charge in [0.25, 0.3) is 0 Å². The zero-order valence-electron chi connectivity index (χ0n) is 9.30. The lowest BCUT2D eigenvalue weighted by Crippen LogP contribution is -2.46. The van der Waals surface area contributed by atoms with Gasteiger partial charge in [0.1, 0.15) is 0 Å². The molecule has 0 aromatic heterocycles. The standard InChI is InChI=1S/C13H15N3O/c14-13(15,17)11-8-4-5-9-12(11)16-10-6-2-1-3-7-10/h1-9,16-17H,14-15H2. The van der Waals surface area contributed by atoms with Crippen LogP contribution in [0.2, 0.25) is 0 Å². The summed E-state index contributed by atoms with van der Waals surface area (Å²) in [5.41, 5.74) is 13.1. The van der Waals surface area contributed by atoms with Crippen LogP contribution in [-0.4, -0.2) is 5.11 Å². The first kappa shape index (κ1) is 11.6. The Kier molecular flexibility index (Phi) is 3.10. The Bertz CT molecular complexity index is 492. The molecule has 0 amide bonds. The number of benzene rings is 2. The van der Waals surface area contributed by atoms with Crippen LogP contribution in [0.3, 0.4) is 0 Å². The maximum absolute atomic E-state index is 9.66. The van der Waals surface area contributed by atoms with E-state index in [0.29, 0.717) is 11.3 Å². The quantitative estimate of drug-likeness (QED) is 0.600. The van der Waals surface area contributed by atoms with Crippen molar-refractivity contribution in [2.45, 2.75) is 5.85 Å². The largest absolute Gasteiger partial charge is 0.359 e. The Morgan fingerprint density at radius 1 is 0.882 bits per heavy atom. The van der Waals surface area contributed by atoms with Crippen LogP contribution in [0.5, 0.6) is 0 Å². The molecule has 0 atom stereocenters. The van der Waals surface area contributed by atoms with Crippen molar-refractivity contribution >= 4 is 11.4 Å². The van der Waals surface area contributed by atoms with Crippen LogP contribution in [-0.2, 0) is 5.85 Å². The number of nitrogens with two attached hydrogens (primary N) is 2. The van der Waals surface area contributed by atoms with Crippen LogP contribution in [0, 0.1) is 0 Å². The summed E-state index contributed by atoms with van der Waals surface area (Å²) in [5.74, 6) is -1.85. The molecule has 17 heavy (non-hydrogen) atoms. The maximum atomic E-state index is 9.66. The zero-order valence-corrected chi connectivity index (χ0v) is 9.30. The second-order valence-electron chi connectivity index (χ2n) is 3.86. The molecule has 88 valence electrons. The smallest absolute Gasteiger partial charge is 0.196 e. The summed E-state index contributed by atoms with van der Waals surface area (Å²) in [6.07, 6.45) is 0. The third-order valence-electron chi connectivity index (χ3n) is 2.41. The summed E-state index contributed by atoms with van der Waals surface area (Å²) >= 11 is 0. The van der Waals surface area contributed by atoms with Crippen LogP contribution in [0.1, 0.15) is 5.56 Å². The van der Waals surface area contributed by atoms with Gasteiger partial charge in [-0.15, -0.1) is 0 Å². The molecule has 0 saturated heterocycles. The lowest BCUT2D eigenvalue weighted by molar-refractivity contribution is 0.0516. The second kappa shape index (κ2) is 4.55. The van der Waals surface area contributed by atoms with E-state index in [4.69, 9.17) is 11.5 Å². The molecular weight excluding hydrogens is 214 g/mol. The Labute approximate surface area is 99.9 Å². The van der Waals surface area contributed by atoms with Gasteiger partial charge in [0.2, 0.25) is 0 Å². The highest BCUT2D eigenvalue weighted by molar-refractivity contribution is 5.63. The first-order valence-electron chi connectivity index (χ1n) is 5.29. The number of nitrogens with one attached hydrogen (secondary N) is 1. The predicted molar refractivity (Wildman–Crippen MR) is 68.4 cm³/mol. The van der Waals surface area contributed by atoms with E-state index in [1.165, 1.54) is 0 Å². The summed E-state index contributed by atoms with van der Waals surface area (Å²) in [7, 11) is 0. The van der Waals surface area contributed by atoms with Crippen LogP contribution in [0.25, 0.3) is 0 Å². The topological polar surface area (TPSA) is 84.3 Å². The molecule has 0 fully saturated rings. The molecule has 4 nitrogen and oxygen atoms in total. The molecule has 0 heterocycles. The summed E-state index contributed by atoms with van der Waals surface area (Å²) in [6, 6.07) is 16.7. The highest BCUT2D eigenvalue weighted by atomic mass is 16.3. The minimum atomic E-state index is -1.85. The van der Waals surface area contributed by atoms with E-state index in [0.717, 1.165) is 5.69 Å². The molecule has 2 aromatic carbocycles. The molecule has 2 rings (SSSR count). The lowest BCUT2D eigenvalue weighted by Gasteiger charge is -2.21. The molecule has 6 N–H and O–H groups in total. The molecule has 0 aliphatic rings. The minimum absolute atomic E-state index is 0.448. The van der Waals surface area contributed by atoms with E-state index in [2.05, 4.69) is 5.32 Å². The van der Waals surface area contributed by atoms with Gasteiger partial charge in [-0.05, 0) is 18.2 Å². The third-order valence-corrected chi connectivity index (χ3v) is 2.41. The van der Waals surface area contributed by atoms with Gasteiger partial charge in [-0.1, -0.05) is 36.4 Å². The SMILES string of the molecule is NC(N)(O)c1ccccc1Nc1ccccc1. The van der Waals surface area contributed by atoms with Crippen LogP contribution in [0.15, 0.2) is 54.6 Å². The zero-order chi connectivity index (χ0) is 12.3. The van der Waals surface area contributed by atoms with Crippen molar-refractivity contribution in [1.82, 2.24) is 0 Å². The van der Waals surface area contributed by atoms with Crippen molar-refractivity contribution in [2.75, 3.05) is 5.32 Å². The Morgan fingerprint density at radius 3 is 2.12 bits per heavy atom. The Morgan fingerprint density at radius 2 is 1.47 bits per heavy atom. The van der Waals surface area contributed by atoms with Crippen molar-refractivity contribution in [1.29, 1.82) is 0 Å². The van der Waals surface area contributed by atoms with E-state index in [1.807, 2.05) is 42.5 Å². The molecule has 0 bridgehead atoms. The molecule has 0 aliphatic carbocycles. The molecule has 0 radical (unpaired) electrons. The van der Waals surface area contributed by atoms with Crippen LogP contribution in [0.4, 0.5) is 11.4 Å². The average Bonchev–Trinajstić information content (AvgIpc) is 2.30. The van der Waals surface area contributed by atoms with Crippen molar-refractivity contribution in [3.63, 3.8) is 0 Å².